The Hall–Kier alpha value is -3.88. The summed E-state index contributed by atoms with van der Waals surface area (Å²) >= 11 is 0. The molecule has 4 aromatic rings. The third-order valence-electron chi connectivity index (χ3n) is 4.23. The van der Waals surface area contributed by atoms with Crippen molar-refractivity contribution in [3.63, 3.8) is 0 Å². The molecule has 1 amide bonds. The van der Waals surface area contributed by atoms with Crippen molar-refractivity contribution in [3.05, 3.63) is 78.6 Å². The third-order valence-corrected chi connectivity index (χ3v) is 4.23. The molecule has 9 heteroatoms. The lowest BCUT2D eigenvalue weighted by Crippen LogP contribution is -2.14. The standard InChI is InChI=1S/C20H21N7O2/c1-2-25-12-16(10-21-25)13-27-14-17(11-22-27)23-20(28)19-8-9-26(24-19)15-29-18-6-4-3-5-7-18/h3-12,14H,2,13,15H2,1H3,(H,23,28). The molecule has 9 nitrogen and oxygen atoms in total. The number of carbonyl (C=O) groups is 1. The van der Waals surface area contributed by atoms with E-state index in [0.29, 0.717) is 17.9 Å². The Labute approximate surface area is 167 Å². The van der Waals surface area contributed by atoms with Gasteiger partial charge in [-0.2, -0.15) is 15.3 Å². The monoisotopic (exact) mass is 391 g/mol. The van der Waals surface area contributed by atoms with Gasteiger partial charge < -0.3 is 10.1 Å². The topological polar surface area (TPSA) is 91.8 Å². The molecule has 0 atom stereocenters. The van der Waals surface area contributed by atoms with Gasteiger partial charge in [0.1, 0.15) is 5.75 Å². The molecule has 1 N–H and O–H groups in total. The Morgan fingerprint density at radius 3 is 2.66 bits per heavy atom. The van der Waals surface area contributed by atoms with Gasteiger partial charge in [-0.3, -0.25) is 14.2 Å². The second kappa shape index (κ2) is 8.42. The van der Waals surface area contributed by atoms with E-state index >= 15 is 0 Å². The van der Waals surface area contributed by atoms with Crippen LogP contribution in [-0.4, -0.2) is 35.2 Å². The van der Waals surface area contributed by atoms with Gasteiger partial charge in [-0.05, 0) is 25.1 Å². The first kappa shape index (κ1) is 18.5. The Kier molecular flexibility index (Phi) is 5.37. The molecule has 0 aliphatic rings. The van der Waals surface area contributed by atoms with E-state index in [1.54, 1.807) is 34.0 Å². The summed E-state index contributed by atoms with van der Waals surface area (Å²) in [4.78, 5) is 12.4. The first-order valence-electron chi connectivity index (χ1n) is 9.26. The Balaban J connectivity index is 1.32. The quantitative estimate of drug-likeness (QED) is 0.499. The van der Waals surface area contributed by atoms with Crippen LogP contribution in [0, 0.1) is 0 Å². The minimum atomic E-state index is -0.304. The molecule has 1 aromatic carbocycles. The number of aromatic nitrogens is 6. The largest absolute Gasteiger partial charge is 0.471 e. The molecule has 0 spiro atoms. The van der Waals surface area contributed by atoms with Gasteiger partial charge in [0.15, 0.2) is 12.4 Å². The van der Waals surface area contributed by atoms with Gasteiger partial charge in [0.05, 0.1) is 24.6 Å². The van der Waals surface area contributed by atoms with Crippen molar-refractivity contribution in [2.45, 2.75) is 26.7 Å². The van der Waals surface area contributed by atoms with Crippen LogP contribution >= 0.6 is 0 Å². The smallest absolute Gasteiger partial charge is 0.276 e. The molecule has 0 bridgehead atoms. The number of benzene rings is 1. The Bertz CT molecular complexity index is 1080. The van der Waals surface area contributed by atoms with Crippen LogP contribution in [0.1, 0.15) is 23.0 Å². The molecule has 0 aliphatic heterocycles. The van der Waals surface area contributed by atoms with Crippen molar-refractivity contribution in [2.24, 2.45) is 0 Å². The van der Waals surface area contributed by atoms with E-state index in [1.807, 2.05) is 54.3 Å². The van der Waals surface area contributed by atoms with Crippen molar-refractivity contribution >= 4 is 11.6 Å². The van der Waals surface area contributed by atoms with E-state index in [1.165, 1.54) is 0 Å². The Morgan fingerprint density at radius 1 is 1.03 bits per heavy atom. The van der Waals surface area contributed by atoms with Gasteiger partial charge in [0, 0.05) is 30.7 Å². The number of rotatable bonds is 8. The number of aryl methyl sites for hydroxylation is 1. The molecule has 0 saturated carbocycles. The molecular formula is C20H21N7O2. The van der Waals surface area contributed by atoms with E-state index in [2.05, 4.69) is 20.6 Å². The zero-order valence-corrected chi connectivity index (χ0v) is 16.0. The molecule has 3 aromatic heterocycles. The van der Waals surface area contributed by atoms with Crippen molar-refractivity contribution < 1.29 is 9.53 Å². The van der Waals surface area contributed by atoms with Crippen molar-refractivity contribution in [1.82, 2.24) is 29.3 Å². The first-order chi connectivity index (χ1) is 14.2. The minimum Gasteiger partial charge on any atom is -0.471 e. The normalized spacial score (nSPS) is 10.8. The lowest BCUT2D eigenvalue weighted by atomic mass is 10.3. The summed E-state index contributed by atoms with van der Waals surface area (Å²) in [5.41, 5.74) is 1.96. The highest BCUT2D eigenvalue weighted by atomic mass is 16.5. The molecule has 0 unspecified atom stereocenters. The summed E-state index contributed by atoms with van der Waals surface area (Å²) in [6.07, 6.45) is 8.87. The number of amides is 1. The number of anilines is 1. The molecule has 0 fully saturated rings. The zero-order valence-electron chi connectivity index (χ0n) is 16.0. The number of hydrogen-bond acceptors (Lipinski definition) is 5. The van der Waals surface area contributed by atoms with Gasteiger partial charge in [-0.1, -0.05) is 18.2 Å². The number of nitrogens with one attached hydrogen (secondary N) is 1. The molecule has 0 radical (unpaired) electrons. The van der Waals surface area contributed by atoms with Crippen LogP contribution in [0.25, 0.3) is 0 Å². The summed E-state index contributed by atoms with van der Waals surface area (Å²) in [5.74, 6) is 0.438. The molecule has 0 aliphatic carbocycles. The van der Waals surface area contributed by atoms with E-state index in [0.717, 1.165) is 17.9 Å². The summed E-state index contributed by atoms with van der Waals surface area (Å²) in [7, 11) is 0. The molecule has 148 valence electrons. The lowest BCUT2D eigenvalue weighted by Gasteiger charge is -2.05. The van der Waals surface area contributed by atoms with E-state index in [9.17, 15) is 4.79 Å². The summed E-state index contributed by atoms with van der Waals surface area (Å²) in [6, 6.07) is 11.1. The minimum absolute atomic E-state index is 0.223. The molecule has 4 rings (SSSR count). The van der Waals surface area contributed by atoms with Crippen LogP contribution in [0.4, 0.5) is 5.69 Å². The highest BCUT2D eigenvalue weighted by Crippen LogP contribution is 2.11. The zero-order chi connectivity index (χ0) is 20.1. The van der Waals surface area contributed by atoms with E-state index < -0.39 is 0 Å². The van der Waals surface area contributed by atoms with Crippen molar-refractivity contribution in [2.75, 3.05) is 5.32 Å². The van der Waals surface area contributed by atoms with Gasteiger partial charge in [0.2, 0.25) is 0 Å². The molecule has 29 heavy (non-hydrogen) atoms. The highest BCUT2D eigenvalue weighted by Gasteiger charge is 2.11. The fourth-order valence-electron chi connectivity index (χ4n) is 2.77. The predicted molar refractivity (Wildman–Crippen MR) is 106 cm³/mol. The molecule has 0 saturated heterocycles. The average Bonchev–Trinajstić information content (AvgIpc) is 3.49. The van der Waals surface area contributed by atoms with Crippen LogP contribution < -0.4 is 10.1 Å². The number of hydrogen-bond donors (Lipinski definition) is 1. The summed E-state index contributed by atoms with van der Waals surface area (Å²) in [6.45, 7) is 3.67. The lowest BCUT2D eigenvalue weighted by molar-refractivity contribution is 0.102. The molecular weight excluding hydrogens is 370 g/mol. The van der Waals surface area contributed by atoms with Crippen LogP contribution in [0.3, 0.4) is 0 Å². The number of nitrogens with zero attached hydrogens (tertiary/aromatic N) is 6. The second-order valence-corrected chi connectivity index (χ2v) is 6.41. The fourth-order valence-corrected chi connectivity index (χ4v) is 2.77. The third kappa shape index (κ3) is 4.70. The van der Waals surface area contributed by atoms with Crippen LogP contribution in [0.5, 0.6) is 5.75 Å². The highest BCUT2D eigenvalue weighted by molar-refractivity contribution is 6.02. The van der Waals surface area contributed by atoms with Crippen molar-refractivity contribution in [3.8, 4) is 5.75 Å². The molecule has 3 heterocycles. The van der Waals surface area contributed by atoms with Gasteiger partial charge in [-0.25, -0.2) is 4.68 Å². The maximum atomic E-state index is 12.4. The van der Waals surface area contributed by atoms with Gasteiger partial charge in [-0.15, -0.1) is 0 Å². The Morgan fingerprint density at radius 2 is 1.86 bits per heavy atom. The number of carbonyl (C=O) groups excluding carboxylic acids is 1. The SMILES string of the molecule is CCn1cc(Cn2cc(NC(=O)c3ccn(COc4ccccc4)n3)cn2)cn1. The number of para-hydroxylation sites is 1. The van der Waals surface area contributed by atoms with Crippen LogP contribution in [-0.2, 0) is 19.8 Å². The van der Waals surface area contributed by atoms with Crippen LogP contribution in [0.2, 0.25) is 0 Å². The van der Waals surface area contributed by atoms with Gasteiger partial charge in [0.25, 0.3) is 5.91 Å². The summed E-state index contributed by atoms with van der Waals surface area (Å²) in [5, 5.41) is 15.6. The average molecular weight is 391 g/mol. The first-order valence-corrected chi connectivity index (χ1v) is 9.26. The van der Waals surface area contributed by atoms with Gasteiger partial charge >= 0.3 is 0 Å². The summed E-state index contributed by atoms with van der Waals surface area (Å²) < 4.78 is 10.8. The predicted octanol–water partition coefficient (Wildman–Crippen LogP) is 2.63. The maximum absolute atomic E-state index is 12.4. The van der Waals surface area contributed by atoms with E-state index in [-0.39, 0.29) is 12.6 Å². The fraction of sp³-hybridized carbons (Fsp3) is 0.200. The van der Waals surface area contributed by atoms with Crippen molar-refractivity contribution in [1.29, 1.82) is 0 Å². The maximum Gasteiger partial charge on any atom is 0.276 e. The van der Waals surface area contributed by atoms with Crippen LogP contribution in [0.15, 0.2) is 67.4 Å². The second-order valence-electron chi connectivity index (χ2n) is 6.41. The number of ether oxygens (including phenoxy) is 1. The van der Waals surface area contributed by atoms with E-state index in [4.69, 9.17) is 4.74 Å².